The van der Waals surface area contributed by atoms with Crippen molar-refractivity contribution in [1.82, 2.24) is 30.8 Å². The molecule has 0 spiro atoms. The molecule has 3 N–H and O–H groups in total. The predicted octanol–water partition coefficient (Wildman–Crippen LogP) is -5.23. The average molecular weight is 512 g/mol. The molecule has 168 valence electrons. The van der Waals surface area contributed by atoms with Crippen molar-refractivity contribution in [2.75, 3.05) is 30.1 Å². The molecule has 0 saturated heterocycles. The Morgan fingerprint density at radius 2 is 2.25 bits per heavy atom. The molecular formula is C15H18N7NaO6S3. The van der Waals surface area contributed by atoms with Gasteiger partial charge in [0, 0.05) is 25.7 Å². The molecule has 2 heterocycles. The van der Waals surface area contributed by atoms with Crippen LogP contribution in [-0.2, 0) is 26.2 Å². The van der Waals surface area contributed by atoms with Gasteiger partial charge in [-0.15, -0.1) is 28.6 Å². The third-order valence-electron chi connectivity index (χ3n) is 3.95. The summed E-state index contributed by atoms with van der Waals surface area (Å²) >= 11 is 3.25. The van der Waals surface area contributed by atoms with E-state index in [2.05, 4.69) is 26.2 Å². The average Bonchev–Trinajstić information content (AvgIpc) is 3.15. The molecule has 1 aromatic heterocycles. The van der Waals surface area contributed by atoms with Gasteiger partial charge in [0.1, 0.15) is 5.37 Å². The Kier molecular flexibility index (Phi) is 11.9. The molecule has 1 aliphatic heterocycles. The maximum absolute atomic E-state index is 12.2. The fraction of sp³-hybridized carbons (Fsp3) is 0.533. The maximum Gasteiger partial charge on any atom is 1.00 e. The zero-order valence-electron chi connectivity index (χ0n) is 17.4. The van der Waals surface area contributed by atoms with Crippen LogP contribution in [0.4, 0.5) is 0 Å². The second-order valence-corrected chi connectivity index (χ2v) is 8.94. The van der Waals surface area contributed by atoms with Crippen LogP contribution in [-0.4, -0.2) is 84.4 Å². The minimum atomic E-state index is -2.25. The van der Waals surface area contributed by atoms with Crippen LogP contribution in [0.2, 0.25) is 0 Å². The van der Waals surface area contributed by atoms with Crippen molar-refractivity contribution < 1.29 is 58.9 Å². The molecule has 2 atom stereocenters. The van der Waals surface area contributed by atoms with E-state index >= 15 is 0 Å². The topological polar surface area (TPSA) is 195 Å². The summed E-state index contributed by atoms with van der Waals surface area (Å²) in [7, 11) is 2.73. The number of aryl methyl sites for hydroxylation is 1. The van der Waals surface area contributed by atoms with E-state index in [4.69, 9.17) is 10.00 Å². The van der Waals surface area contributed by atoms with Gasteiger partial charge in [-0.1, -0.05) is 11.8 Å². The zero-order valence-corrected chi connectivity index (χ0v) is 21.8. The quantitative estimate of drug-likeness (QED) is 0.110. The predicted molar refractivity (Wildman–Crippen MR) is 109 cm³/mol. The van der Waals surface area contributed by atoms with Gasteiger partial charge in [0.2, 0.25) is 11.1 Å². The van der Waals surface area contributed by atoms with Crippen molar-refractivity contribution in [1.29, 1.82) is 5.26 Å². The standard InChI is InChI=1S/C15H19N7O6S3.Na/c1-22-14(19-20-21-22)31-6-8-5-30-12(17-10(8)11(24)25)15(28-2,13(26)27)18-9(23)7-29-4-3-16;/h12,17H,4-7H2,1-2H3,(H,18,23)(H,24,25)(H,26,27);/q;+1/p-1/t12-,15-;/m0./s1. The Morgan fingerprint density at radius 1 is 1.53 bits per heavy atom. The van der Waals surface area contributed by atoms with Crippen LogP contribution in [0.3, 0.4) is 0 Å². The number of carboxylic acids is 2. The fourth-order valence-corrected chi connectivity index (χ4v) is 5.22. The Hall–Kier alpha value is -1.48. The number of nitrogens with zero attached hydrogens (tertiary/aromatic N) is 5. The first-order chi connectivity index (χ1) is 14.7. The number of rotatable bonds is 11. The van der Waals surface area contributed by atoms with Gasteiger partial charge in [-0.25, -0.2) is 9.48 Å². The number of nitrogens with one attached hydrogen (secondary N) is 2. The van der Waals surface area contributed by atoms with Gasteiger partial charge in [0.15, 0.2) is 0 Å². The van der Waals surface area contributed by atoms with E-state index in [-0.39, 0.29) is 58.3 Å². The number of carbonyl (C=O) groups excluding carboxylic acids is 2. The third-order valence-corrected chi connectivity index (χ3v) is 7.14. The van der Waals surface area contributed by atoms with Crippen LogP contribution < -0.4 is 45.3 Å². The van der Waals surface area contributed by atoms with Crippen molar-refractivity contribution in [2.45, 2.75) is 16.3 Å². The van der Waals surface area contributed by atoms with E-state index in [0.717, 1.165) is 30.6 Å². The van der Waals surface area contributed by atoms with E-state index in [9.17, 15) is 24.6 Å². The Bertz CT molecular complexity index is 924. The summed E-state index contributed by atoms with van der Waals surface area (Å²) in [5, 5.41) is 45.3. The molecule has 17 heteroatoms. The van der Waals surface area contributed by atoms with E-state index in [1.165, 1.54) is 16.4 Å². The number of carboxylic acid groups (broad SMARTS) is 2. The summed E-state index contributed by atoms with van der Waals surface area (Å²) in [4.78, 5) is 35.9. The fourth-order valence-electron chi connectivity index (χ4n) is 2.47. The first-order valence-corrected chi connectivity index (χ1v) is 11.6. The Balaban J connectivity index is 0.00000512. The maximum atomic E-state index is 12.2. The monoisotopic (exact) mass is 511 g/mol. The van der Waals surface area contributed by atoms with Crippen LogP contribution in [0.15, 0.2) is 16.4 Å². The summed E-state index contributed by atoms with van der Waals surface area (Å²) in [6, 6.07) is 1.86. The summed E-state index contributed by atoms with van der Waals surface area (Å²) in [5.41, 5.74) is -2.09. The van der Waals surface area contributed by atoms with E-state index in [1.54, 1.807) is 7.05 Å². The molecular weight excluding hydrogens is 493 g/mol. The molecule has 32 heavy (non-hydrogen) atoms. The molecule has 0 radical (unpaired) electrons. The minimum absolute atomic E-state index is 0. The summed E-state index contributed by atoms with van der Waals surface area (Å²) < 4.78 is 6.58. The molecule has 0 bridgehead atoms. The first-order valence-electron chi connectivity index (χ1n) is 8.46. The van der Waals surface area contributed by atoms with E-state index in [1.807, 2.05) is 6.07 Å². The van der Waals surface area contributed by atoms with Crippen molar-refractivity contribution in [3.05, 3.63) is 11.3 Å². The number of aliphatic carboxylic acids is 2. The van der Waals surface area contributed by atoms with Gasteiger partial charge in [-0.3, -0.25) is 4.79 Å². The second kappa shape index (κ2) is 13.3. The summed E-state index contributed by atoms with van der Waals surface area (Å²) in [5.74, 6) is -3.48. The van der Waals surface area contributed by atoms with Crippen molar-refractivity contribution >= 4 is 53.1 Å². The number of nitriles is 1. The molecule has 0 aromatic carbocycles. The van der Waals surface area contributed by atoms with Gasteiger partial charge in [-0.2, -0.15) is 5.26 Å². The number of aromatic nitrogens is 4. The molecule has 0 unspecified atom stereocenters. The van der Waals surface area contributed by atoms with Gasteiger partial charge >= 0.3 is 35.5 Å². The van der Waals surface area contributed by atoms with Crippen molar-refractivity contribution in [3.8, 4) is 6.07 Å². The van der Waals surface area contributed by atoms with E-state index in [0.29, 0.717) is 10.7 Å². The minimum Gasteiger partial charge on any atom is -0.543 e. The smallest absolute Gasteiger partial charge is 0.543 e. The number of methoxy groups -OCH3 is 1. The summed E-state index contributed by atoms with van der Waals surface area (Å²) in [6.45, 7) is 0. The van der Waals surface area contributed by atoms with Crippen molar-refractivity contribution in [3.63, 3.8) is 0 Å². The molecule has 1 amide bonds. The normalized spacial score (nSPS) is 17.3. The molecule has 0 fully saturated rings. The number of hydrogen-bond acceptors (Lipinski definition) is 13. The number of carbonyl (C=O) groups is 3. The van der Waals surface area contributed by atoms with Crippen LogP contribution >= 0.6 is 35.3 Å². The Morgan fingerprint density at radius 3 is 2.78 bits per heavy atom. The molecule has 1 aliphatic rings. The Labute approximate surface area is 217 Å². The summed E-state index contributed by atoms with van der Waals surface area (Å²) in [6.07, 6.45) is 0. The number of thioether (sulfide) groups is 3. The van der Waals surface area contributed by atoms with Gasteiger partial charge in [-0.05, 0) is 16.0 Å². The van der Waals surface area contributed by atoms with Gasteiger partial charge in [0.05, 0.1) is 29.2 Å². The second-order valence-electron chi connectivity index (χ2n) is 5.92. The van der Waals surface area contributed by atoms with Crippen LogP contribution in [0.25, 0.3) is 0 Å². The number of tetrazole rings is 1. The van der Waals surface area contributed by atoms with Gasteiger partial charge < -0.3 is 30.4 Å². The molecule has 0 aliphatic carbocycles. The van der Waals surface area contributed by atoms with Crippen molar-refractivity contribution in [2.24, 2.45) is 7.05 Å². The first kappa shape index (κ1) is 28.6. The number of amides is 1. The zero-order chi connectivity index (χ0) is 23.0. The largest absolute Gasteiger partial charge is 1.00 e. The number of ether oxygens (including phenoxy) is 1. The SMILES string of the molecule is CO[C@](NC(=O)CSCC#N)(C(=O)O)[C@H]1NC(C(=O)[O-])=C(CSc2nnnn2C)CS1.[Na+]. The van der Waals surface area contributed by atoms with E-state index < -0.39 is 28.9 Å². The number of hydrogen-bond donors (Lipinski definition) is 3. The van der Waals surface area contributed by atoms with Gasteiger partial charge in [0.25, 0.3) is 5.72 Å². The molecule has 0 saturated carbocycles. The third kappa shape index (κ3) is 7.01. The molecule has 13 nitrogen and oxygen atoms in total. The molecule has 1 aromatic rings. The van der Waals surface area contributed by atoms with Crippen LogP contribution in [0.1, 0.15) is 0 Å². The molecule has 2 rings (SSSR count). The van der Waals surface area contributed by atoms with Crippen LogP contribution in [0, 0.1) is 11.3 Å². The van der Waals surface area contributed by atoms with Crippen LogP contribution in [0.5, 0.6) is 0 Å².